The van der Waals surface area contributed by atoms with Gasteiger partial charge in [-0.3, -0.25) is 4.72 Å². The smallest absolute Gasteiger partial charge is 0.229 e. The van der Waals surface area contributed by atoms with Crippen LogP contribution in [0.25, 0.3) is 21.3 Å². The summed E-state index contributed by atoms with van der Waals surface area (Å²) in [4.78, 5) is 11.4. The Morgan fingerprint density at radius 1 is 1.09 bits per heavy atom. The summed E-state index contributed by atoms with van der Waals surface area (Å²) in [5, 5.41) is 14.9. The molecular formula is C24H26N6O3S2. The molecule has 35 heavy (non-hydrogen) atoms. The molecule has 5 rings (SSSR count). The summed E-state index contributed by atoms with van der Waals surface area (Å²) in [6.07, 6.45) is 2.48. The molecule has 1 saturated heterocycles. The van der Waals surface area contributed by atoms with E-state index in [9.17, 15) is 13.5 Å². The molecule has 2 aromatic carbocycles. The maximum atomic E-state index is 11.6. The van der Waals surface area contributed by atoms with E-state index in [2.05, 4.69) is 19.9 Å². The molecule has 11 heteroatoms. The number of anilines is 5. The number of benzene rings is 2. The standard InChI is InChI=1S/C24H26N6O3S2/c1-35(32,33)29-17-4-2-3-15(13-17)20-14-34-22-21(20)27-24(28-23(22)25)26-16-5-7-18(8-6-16)30-11-9-19(31)10-12-30/h2-8,13-14,19,29,31H,9-12H2,1H3,(H3,25,26,27,28). The number of nitrogen functional groups attached to an aromatic ring is 1. The van der Waals surface area contributed by atoms with Crippen LogP contribution in [0.1, 0.15) is 12.8 Å². The van der Waals surface area contributed by atoms with E-state index >= 15 is 0 Å². The van der Waals surface area contributed by atoms with Crippen LogP contribution >= 0.6 is 11.3 Å². The Bertz CT molecular complexity index is 1460. The van der Waals surface area contributed by atoms with Crippen LogP contribution in [0.2, 0.25) is 0 Å². The van der Waals surface area contributed by atoms with Gasteiger partial charge in [0.05, 0.1) is 22.6 Å². The third-order valence-electron chi connectivity index (χ3n) is 5.87. The number of aromatic nitrogens is 2. The van der Waals surface area contributed by atoms with Gasteiger partial charge in [-0.05, 0) is 54.8 Å². The number of fused-ring (bicyclic) bond motifs is 1. The minimum absolute atomic E-state index is 0.204. The summed E-state index contributed by atoms with van der Waals surface area (Å²) in [5.41, 5.74) is 11.0. The second-order valence-corrected chi connectivity index (χ2v) is 11.2. The van der Waals surface area contributed by atoms with Gasteiger partial charge in [0, 0.05) is 41.1 Å². The van der Waals surface area contributed by atoms with Crippen LogP contribution in [0.15, 0.2) is 53.9 Å². The predicted molar refractivity (Wildman–Crippen MR) is 143 cm³/mol. The first-order valence-corrected chi connectivity index (χ1v) is 14.0. The zero-order valence-corrected chi connectivity index (χ0v) is 20.7. The zero-order valence-electron chi connectivity index (χ0n) is 19.1. The van der Waals surface area contributed by atoms with E-state index < -0.39 is 10.0 Å². The number of hydrogen-bond acceptors (Lipinski definition) is 9. The topological polar surface area (TPSA) is 133 Å². The lowest BCUT2D eigenvalue weighted by Gasteiger charge is -2.31. The van der Waals surface area contributed by atoms with Crippen molar-refractivity contribution in [3.05, 3.63) is 53.9 Å². The highest BCUT2D eigenvalue weighted by atomic mass is 32.2. The Hall–Kier alpha value is -3.41. The van der Waals surface area contributed by atoms with E-state index in [-0.39, 0.29) is 6.10 Å². The van der Waals surface area contributed by atoms with Gasteiger partial charge in [-0.25, -0.2) is 13.4 Å². The van der Waals surface area contributed by atoms with Gasteiger partial charge in [-0.2, -0.15) is 4.98 Å². The van der Waals surface area contributed by atoms with Gasteiger partial charge < -0.3 is 21.1 Å². The molecule has 0 amide bonds. The highest BCUT2D eigenvalue weighted by molar-refractivity contribution is 7.92. The minimum Gasteiger partial charge on any atom is -0.393 e. The lowest BCUT2D eigenvalue weighted by Crippen LogP contribution is -2.35. The number of hydrogen-bond donors (Lipinski definition) is 4. The predicted octanol–water partition coefficient (Wildman–Crippen LogP) is 4.02. The third kappa shape index (κ3) is 5.31. The molecule has 0 radical (unpaired) electrons. The first-order valence-electron chi connectivity index (χ1n) is 11.2. The van der Waals surface area contributed by atoms with Gasteiger partial charge in [0.2, 0.25) is 16.0 Å². The molecule has 3 heterocycles. The molecule has 0 aliphatic carbocycles. The molecule has 0 bridgehead atoms. The van der Waals surface area contributed by atoms with Crippen LogP contribution in [-0.2, 0) is 10.0 Å². The second-order valence-electron chi connectivity index (χ2n) is 8.60. The van der Waals surface area contributed by atoms with Gasteiger partial charge in [0.15, 0.2) is 0 Å². The van der Waals surface area contributed by atoms with Crippen molar-refractivity contribution < 1.29 is 13.5 Å². The lowest BCUT2D eigenvalue weighted by molar-refractivity contribution is 0.145. The first-order chi connectivity index (χ1) is 16.7. The number of nitrogens with one attached hydrogen (secondary N) is 2. The fourth-order valence-corrected chi connectivity index (χ4v) is 5.65. The molecule has 1 aliphatic rings. The van der Waals surface area contributed by atoms with Crippen molar-refractivity contribution in [1.82, 2.24) is 9.97 Å². The molecule has 0 atom stereocenters. The van der Waals surface area contributed by atoms with Crippen molar-refractivity contribution >= 4 is 60.4 Å². The maximum absolute atomic E-state index is 11.6. The van der Waals surface area contributed by atoms with E-state index in [1.165, 1.54) is 11.3 Å². The Morgan fingerprint density at radius 3 is 2.54 bits per heavy atom. The van der Waals surface area contributed by atoms with Crippen LogP contribution in [0.3, 0.4) is 0 Å². The van der Waals surface area contributed by atoms with Crippen LogP contribution in [-0.4, -0.2) is 48.9 Å². The SMILES string of the molecule is CS(=O)(=O)Nc1cccc(-c2csc3c(N)nc(Nc4ccc(N5CCC(O)CC5)cc4)nc23)c1. The number of rotatable bonds is 6. The van der Waals surface area contributed by atoms with E-state index in [0.29, 0.717) is 23.0 Å². The monoisotopic (exact) mass is 510 g/mol. The Balaban J connectivity index is 1.41. The van der Waals surface area contributed by atoms with E-state index in [4.69, 9.17) is 10.7 Å². The lowest BCUT2D eigenvalue weighted by atomic mass is 10.1. The summed E-state index contributed by atoms with van der Waals surface area (Å²) in [6, 6.07) is 15.2. The average molecular weight is 511 g/mol. The van der Waals surface area contributed by atoms with E-state index in [1.807, 2.05) is 35.7 Å². The number of thiophene rings is 1. The van der Waals surface area contributed by atoms with Crippen molar-refractivity contribution in [2.24, 2.45) is 0 Å². The molecule has 0 spiro atoms. The summed E-state index contributed by atoms with van der Waals surface area (Å²) in [6.45, 7) is 1.68. The molecule has 0 unspecified atom stereocenters. The third-order valence-corrected chi connectivity index (χ3v) is 7.47. The number of nitrogens with zero attached hydrogens (tertiary/aromatic N) is 3. The Labute approximate surface area is 207 Å². The van der Waals surface area contributed by atoms with E-state index in [0.717, 1.165) is 59.4 Å². The minimum atomic E-state index is -3.38. The van der Waals surface area contributed by atoms with Crippen molar-refractivity contribution in [2.45, 2.75) is 18.9 Å². The summed E-state index contributed by atoms with van der Waals surface area (Å²) < 4.78 is 26.5. The summed E-state index contributed by atoms with van der Waals surface area (Å²) in [7, 11) is -3.38. The second kappa shape index (κ2) is 9.33. The van der Waals surface area contributed by atoms with Gasteiger partial charge in [0.1, 0.15) is 5.82 Å². The quantitative estimate of drug-likeness (QED) is 0.306. The zero-order chi connectivity index (χ0) is 24.6. The van der Waals surface area contributed by atoms with Crippen LogP contribution in [0, 0.1) is 0 Å². The number of aliphatic hydroxyl groups is 1. The molecule has 182 valence electrons. The largest absolute Gasteiger partial charge is 0.393 e. The fourth-order valence-electron chi connectivity index (χ4n) is 4.17. The summed E-state index contributed by atoms with van der Waals surface area (Å²) >= 11 is 1.45. The van der Waals surface area contributed by atoms with Crippen LogP contribution in [0.4, 0.5) is 28.8 Å². The van der Waals surface area contributed by atoms with Crippen molar-refractivity contribution in [3.63, 3.8) is 0 Å². The maximum Gasteiger partial charge on any atom is 0.229 e. The van der Waals surface area contributed by atoms with Crippen molar-refractivity contribution in [2.75, 3.05) is 40.0 Å². The van der Waals surface area contributed by atoms with Crippen LogP contribution in [0.5, 0.6) is 0 Å². The molecule has 2 aromatic heterocycles. The number of nitrogens with two attached hydrogens (primary N) is 1. The molecule has 5 N–H and O–H groups in total. The number of piperidine rings is 1. The first kappa shape index (κ1) is 23.3. The molecule has 0 saturated carbocycles. The van der Waals surface area contributed by atoms with Gasteiger partial charge in [-0.1, -0.05) is 12.1 Å². The normalized spacial score (nSPS) is 14.9. The number of sulfonamides is 1. The number of aliphatic hydroxyl groups excluding tert-OH is 1. The van der Waals surface area contributed by atoms with E-state index in [1.54, 1.807) is 18.2 Å². The highest BCUT2D eigenvalue weighted by Crippen LogP contribution is 2.37. The van der Waals surface area contributed by atoms with Crippen molar-refractivity contribution in [3.8, 4) is 11.1 Å². The highest BCUT2D eigenvalue weighted by Gasteiger charge is 2.18. The van der Waals surface area contributed by atoms with Gasteiger partial charge in [-0.15, -0.1) is 11.3 Å². The molecule has 4 aromatic rings. The molecule has 1 fully saturated rings. The Morgan fingerprint density at radius 2 is 1.83 bits per heavy atom. The molecule has 9 nitrogen and oxygen atoms in total. The van der Waals surface area contributed by atoms with Gasteiger partial charge in [0.25, 0.3) is 0 Å². The average Bonchev–Trinajstić information content (AvgIpc) is 3.24. The van der Waals surface area contributed by atoms with Gasteiger partial charge >= 0.3 is 0 Å². The fraction of sp³-hybridized carbons (Fsp3) is 0.250. The molecule has 1 aliphatic heterocycles. The summed E-state index contributed by atoms with van der Waals surface area (Å²) in [5.74, 6) is 0.761. The van der Waals surface area contributed by atoms with Crippen molar-refractivity contribution in [1.29, 1.82) is 0 Å². The van der Waals surface area contributed by atoms with Crippen LogP contribution < -0.4 is 20.7 Å². The Kier molecular flexibility index (Phi) is 6.22. The molecular weight excluding hydrogens is 484 g/mol.